The Balaban J connectivity index is 1.98. The van der Waals surface area contributed by atoms with Crippen LogP contribution in [0.25, 0.3) is 28.3 Å². The van der Waals surface area contributed by atoms with Crippen molar-refractivity contribution in [2.75, 3.05) is 7.11 Å². The number of rotatable bonds is 3. The standard InChI is InChI=1S/C19H13F3N4O/c1-27-16-6-5-12(11-24-16)18-17(14-4-2-3-8-23-14)25-15-10-13(19(20,21)22)7-9-26(15)18/h2-11H,1H3. The Morgan fingerprint density at radius 3 is 2.52 bits per heavy atom. The van der Waals surface area contributed by atoms with E-state index in [-0.39, 0.29) is 5.65 Å². The zero-order valence-electron chi connectivity index (χ0n) is 14.1. The van der Waals surface area contributed by atoms with Gasteiger partial charge in [-0.3, -0.25) is 9.38 Å². The minimum absolute atomic E-state index is 0.177. The maximum atomic E-state index is 13.1. The summed E-state index contributed by atoms with van der Waals surface area (Å²) in [5, 5.41) is 0. The largest absolute Gasteiger partial charge is 0.481 e. The number of aromatic nitrogens is 4. The first-order chi connectivity index (χ1) is 13.0. The molecule has 0 N–H and O–H groups in total. The van der Waals surface area contributed by atoms with Crippen molar-refractivity contribution in [3.05, 3.63) is 66.6 Å². The van der Waals surface area contributed by atoms with Gasteiger partial charge in [-0.25, -0.2) is 9.97 Å². The third-order valence-corrected chi connectivity index (χ3v) is 4.08. The van der Waals surface area contributed by atoms with E-state index in [1.165, 1.54) is 13.3 Å². The van der Waals surface area contributed by atoms with Crippen LogP contribution in [0.5, 0.6) is 5.88 Å². The van der Waals surface area contributed by atoms with E-state index < -0.39 is 11.7 Å². The second kappa shape index (κ2) is 6.39. The van der Waals surface area contributed by atoms with Gasteiger partial charge in [-0.2, -0.15) is 13.2 Å². The third kappa shape index (κ3) is 3.10. The molecule has 4 heterocycles. The summed E-state index contributed by atoms with van der Waals surface area (Å²) in [5.41, 5.74) is 1.74. The second-order valence-corrected chi connectivity index (χ2v) is 5.75. The highest BCUT2D eigenvalue weighted by molar-refractivity contribution is 5.80. The Morgan fingerprint density at radius 2 is 1.89 bits per heavy atom. The summed E-state index contributed by atoms with van der Waals surface area (Å²) >= 11 is 0. The summed E-state index contributed by atoms with van der Waals surface area (Å²) in [5.74, 6) is 0.436. The van der Waals surface area contributed by atoms with Gasteiger partial charge in [0.2, 0.25) is 5.88 Å². The molecule has 0 saturated carbocycles. The van der Waals surface area contributed by atoms with Crippen molar-refractivity contribution in [2.24, 2.45) is 0 Å². The molecule has 0 saturated heterocycles. The van der Waals surface area contributed by atoms with Gasteiger partial charge in [-0.1, -0.05) is 6.07 Å². The van der Waals surface area contributed by atoms with E-state index >= 15 is 0 Å². The zero-order chi connectivity index (χ0) is 19.0. The molecule has 0 atom stereocenters. The summed E-state index contributed by atoms with van der Waals surface area (Å²) in [6, 6.07) is 10.8. The molecule has 0 aliphatic rings. The van der Waals surface area contributed by atoms with E-state index in [1.807, 2.05) is 0 Å². The summed E-state index contributed by atoms with van der Waals surface area (Å²) in [4.78, 5) is 12.9. The fourth-order valence-electron chi connectivity index (χ4n) is 2.82. The minimum atomic E-state index is -4.44. The first-order valence-electron chi connectivity index (χ1n) is 7.98. The van der Waals surface area contributed by atoms with E-state index in [4.69, 9.17) is 4.74 Å². The molecule has 4 aromatic heterocycles. The fourth-order valence-corrected chi connectivity index (χ4v) is 2.82. The smallest absolute Gasteiger partial charge is 0.416 e. The van der Waals surface area contributed by atoms with Gasteiger partial charge >= 0.3 is 6.18 Å². The van der Waals surface area contributed by atoms with Crippen molar-refractivity contribution in [2.45, 2.75) is 6.18 Å². The number of fused-ring (bicyclic) bond motifs is 1. The SMILES string of the molecule is COc1ccc(-c2c(-c3ccccn3)nc3cc(C(F)(F)F)ccn23)cn1. The molecule has 0 aliphatic carbocycles. The molecule has 0 fully saturated rings. The summed E-state index contributed by atoms with van der Waals surface area (Å²) in [7, 11) is 1.51. The van der Waals surface area contributed by atoms with Gasteiger partial charge in [0.1, 0.15) is 11.3 Å². The molecule has 5 nitrogen and oxygen atoms in total. The predicted molar refractivity (Wildman–Crippen MR) is 93.2 cm³/mol. The van der Waals surface area contributed by atoms with Gasteiger partial charge in [0, 0.05) is 30.2 Å². The van der Waals surface area contributed by atoms with E-state index in [9.17, 15) is 13.2 Å². The number of methoxy groups -OCH3 is 1. The maximum Gasteiger partial charge on any atom is 0.416 e. The Morgan fingerprint density at radius 1 is 1.04 bits per heavy atom. The van der Waals surface area contributed by atoms with Crippen molar-refractivity contribution < 1.29 is 17.9 Å². The van der Waals surface area contributed by atoms with Crippen molar-refractivity contribution in [3.63, 3.8) is 0 Å². The number of alkyl halides is 3. The molecule has 8 heteroatoms. The Hall–Kier alpha value is -3.42. The van der Waals surface area contributed by atoms with Crippen LogP contribution in [0.15, 0.2) is 61.1 Å². The average molecular weight is 370 g/mol. The van der Waals surface area contributed by atoms with E-state index in [2.05, 4.69) is 15.0 Å². The number of hydrogen-bond donors (Lipinski definition) is 0. The third-order valence-electron chi connectivity index (χ3n) is 4.08. The molecule has 0 radical (unpaired) electrons. The van der Waals surface area contributed by atoms with Crippen molar-refractivity contribution >= 4 is 5.65 Å². The van der Waals surface area contributed by atoms with Crippen LogP contribution in [0, 0.1) is 0 Å². The Labute approximate surface area is 152 Å². The summed E-state index contributed by atoms with van der Waals surface area (Å²) < 4.78 is 45.9. The van der Waals surface area contributed by atoms with Gasteiger partial charge in [0.05, 0.1) is 24.1 Å². The highest BCUT2D eigenvalue weighted by Crippen LogP contribution is 2.35. The molecule has 0 spiro atoms. The highest BCUT2D eigenvalue weighted by Gasteiger charge is 2.31. The van der Waals surface area contributed by atoms with Crippen molar-refractivity contribution in [3.8, 4) is 28.5 Å². The minimum Gasteiger partial charge on any atom is -0.481 e. The summed E-state index contributed by atoms with van der Waals surface area (Å²) in [6.07, 6.45) is 0.112. The lowest BCUT2D eigenvalue weighted by Gasteiger charge is -2.08. The first-order valence-corrected chi connectivity index (χ1v) is 7.98. The Bertz CT molecular complexity index is 1090. The van der Waals surface area contributed by atoms with Crippen molar-refractivity contribution in [1.82, 2.24) is 19.4 Å². The number of pyridine rings is 3. The van der Waals surface area contributed by atoms with Gasteiger partial charge in [0.25, 0.3) is 0 Å². The quantitative estimate of drug-likeness (QED) is 0.533. The molecule has 136 valence electrons. The number of halogens is 3. The molecular weight excluding hydrogens is 357 g/mol. The zero-order valence-corrected chi connectivity index (χ0v) is 14.1. The number of ether oxygens (including phenoxy) is 1. The second-order valence-electron chi connectivity index (χ2n) is 5.75. The molecule has 0 bridgehead atoms. The average Bonchev–Trinajstić information content (AvgIpc) is 3.07. The van der Waals surface area contributed by atoms with Gasteiger partial charge < -0.3 is 4.74 Å². The summed E-state index contributed by atoms with van der Waals surface area (Å²) in [6.45, 7) is 0. The van der Waals surface area contributed by atoms with Crippen LogP contribution in [0.4, 0.5) is 13.2 Å². The van der Waals surface area contributed by atoms with Gasteiger partial charge in [-0.15, -0.1) is 0 Å². The van der Waals surface area contributed by atoms with Crippen LogP contribution in [0.1, 0.15) is 5.56 Å². The Kier molecular flexibility index (Phi) is 4.02. The lowest BCUT2D eigenvalue weighted by atomic mass is 10.1. The number of hydrogen-bond acceptors (Lipinski definition) is 4. The van der Waals surface area contributed by atoms with Crippen LogP contribution < -0.4 is 4.74 Å². The lowest BCUT2D eigenvalue weighted by molar-refractivity contribution is -0.137. The molecular formula is C19H13F3N4O. The topological polar surface area (TPSA) is 52.3 Å². The van der Waals surface area contributed by atoms with Crippen LogP contribution in [-0.4, -0.2) is 26.5 Å². The van der Waals surface area contributed by atoms with Crippen LogP contribution in [0.2, 0.25) is 0 Å². The highest BCUT2D eigenvalue weighted by atomic mass is 19.4. The van der Waals surface area contributed by atoms with Crippen LogP contribution >= 0.6 is 0 Å². The van der Waals surface area contributed by atoms with E-state index in [0.29, 0.717) is 28.5 Å². The van der Waals surface area contributed by atoms with Crippen LogP contribution in [0.3, 0.4) is 0 Å². The monoisotopic (exact) mass is 370 g/mol. The first kappa shape index (κ1) is 17.0. The fraction of sp³-hybridized carbons (Fsp3) is 0.105. The predicted octanol–water partition coefficient (Wildman–Crippen LogP) is 4.49. The molecule has 0 aromatic carbocycles. The van der Waals surface area contributed by atoms with E-state index in [1.54, 1.807) is 47.1 Å². The molecule has 0 unspecified atom stereocenters. The maximum absolute atomic E-state index is 13.1. The molecule has 4 rings (SSSR count). The van der Waals surface area contributed by atoms with Gasteiger partial charge in [0.15, 0.2) is 0 Å². The molecule has 0 aliphatic heterocycles. The van der Waals surface area contributed by atoms with Crippen molar-refractivity contribution in [1.29, 1.82) is 0 Å². The molecule has 4 aromatic rings. The number of imidazole rings is 1. The van der Waals surface area contributed by atoms with Gasteiger partial charge in [-0.05, 0) is 30.3 Å². The molecule has 0 amide bonds. The molecule has 27 heavy (non-hydrogen) atoms. The van der Waals surface area contributed by atoms with E-state index in [0.717, 1.165) is 12.1 Å². The van der Waals surface area contributed by atoms with Crippen LogP contribution in [-0.2, 0) is 6.18 Å². The normalized spacial score (nSPS) is 11.7. The number of nitrogens with zero attached hydrogens (tertiary/aromatic N) is 4. The lowest BCUT2D eigenvalue weighted by Crippen LogP contribution is -2.05.